The van der Waals surface area contributed by atoms with E-state index in [1.807, 2.05) is 30.3 Å². The molecule has 0 bridgehead atoms. The van der Waals surface area contributed by atoms with Gasteiger partial charge in [0.15, 0.2) is 0 Å². The molecule has 3 aromatic rings. The van der Waals surface area contributed by atoms with E-state index in [1.54, 1.807) is 31.4 Å². The Morgan fingerprint density at radius 3 is 2.52 bits per heavy atom. The molecule has 3 rings (SSSR count). The second kappa shape index (κ2) is 9.32. The van der Waals surface area contributed by atoms with Crippen LogP contribution in [0.25, 0.3) is 0 Å². The van der Waals surface area contributed by atoms with Gasteiger partial charge in [-0.3, -0.25) is 9.59 Å². The summed E-state index contributed by atoms with van der Waals surface area (Å²) in [7, 11) is 1.60. The van der Waals surface area contributed by atoms with Crippen LogP contribution >= 0.6 is 0 Å². The van der Waals surface area contributed by atoms with E-state index in [4.69, 9.17) is 4.74 Å². The predicted octanol–water partition coefficient (Wildman–Crippen LogP) is 3.12. The van der Waals surface area contributed by atoms with Gasteiger partial charge < -0.3 is 20.7 Å². The molecule has 2 aromatic carbocycles. The lowest BCUT2D eigenvalue weighted by Crippen LogP contribution is -2.24. The van der Waals surface area contributed by atoms with Crippen LogP contribution in [0.2, 0.25) is 0 Å². The number of nitrogens with zero attached hydrogens (tertiary/aromatic N) is 2. The lowest BCUT2D eigenvalue weighted by Gasteiger charge is -2.09. The number of aromatic nitrogens is 2. The fraction of sp³-hybridized carbons (Fsp3) is 0.143. The molecule has 0 spiro atoms. The summed E-state index contributed by atoms with van der Waals surface area (Å²) in [6, 6.07) is 16.1. The van der Waals surface area contributed by atoms with Crippen LogP contribution in [0.15, 0.2) is 60.8 Å². The summed E-state index contributed by atoms with van der Waals surface area (Å²) < 4.78 is 5.12. The van der Waals surface area contributed by atoms with E-state index in [-0.39, 0.29) is 23.5 Å². The van der Waals surface area contributed by atoms with E-state index >= 15 is 0 Å². The summed E-state index contributed by atoms with van der Waals surface area (Å²) in [6.07, 6.45) is 1.51. The number of rotatable bonds is 7. The first-order chi connectivity index (χ1) is 14.0. The van der Waals surface area contributed by atoms with Crippen molar-refractivity contribution in [2.24, 2.45) is 0 Å². The minimum absolute atomic E-state index is 0.158. The molecule has 148 valence electrons. The Hall–Kier alpha value is -3.94. The quantitative estimate of drug-likeness (QED) is 0.572. The average Bonchev–Trinajstić information content (AvgIpc) is 2.72. The maximum atomic E-state index is 12.4. The Morgan fingerprint density at radius 2 is 1.79 bits per heavy atom. The normalized spacial score (nSPS) is 10.1. The zero-order valence-electron chi connectivity index (χ0n) is 16.1. The first-order valence-electron chi connectivity index (χ1n) is 8.92. The molecule has 0 aliphatic rings. The van der Waals surface area contributed by atoms with E-state index in [1.165, 1.54) is 13.1 Å². The fourth-order valence-electron chi connectivity index (χ4n) is 2.57. The summed E-state index contributed by atoms with van der Waals surface area (Å²) in [5.41, 5.74) is 2.53. The van der Waals surface area contributed by atoms with Gasteiger partial charge in [-0.2, -0.15) is 0 Å². The van der Waals surface area contributed by atoms with E-state index in [0.29, 0.717) is 17.9 Å². The van der Waals surface area contributed by atoms with Crippen molar-refractivity contribution in [3.05, 3.63) is 72.1 Å². The second-order valence-electron chi connectivity index (χ2n) is 6.18. The maximum Gasteiger partial charge on any atom is 0.270 e. The molecule has 8 nitrogen and oxygen atoms in total. The number of anilines is 3. The van der Waals surface area contributed by atoms with Gasteiger partial charge in [-0.05, 0) is 42.0 Å². The van der Waals surface area contributed by atoms with Crippen LogP contribution in [0.1, 0.15) is 23.0 Å². The van der Waals surface area contributed by atoms with Crippen LogP contribution < -0.4 is 20.7 Å². The van der Waals surface area contributed by atoms with Crippen molar-refractivity contribution in [1.29, 1.82) is 0 Å². The number of methoxy groups -OCH3 is 1. The number of amides is 2. The Labute approximate surface area is 168 Å². The average molecular weight is 391 g/mol. The van der Waals surface area contributed by atoms with Crippen molar-refractivity contribution in [1.82, 2.24) is 15.3 Å². The van der Waals surface area contributed by atoms with Crippen LogP contribution in [-0.4, -0.2) is 28.9 Å². The van der Waals surface area contributed by atoms with Gasteiger partial charge >= 0.3 is 0 Å². The first kappa shape index (κ1) is 19.8. The summed E-state index contributed by atoms with van der Waals surface area (Å²) in [4.78, 5) is 32.0. The van der Waals surface area contributed by atoms with Gasteiger partial charge in [0.25, 0.3) is 5.91 Å². The minimum Gasteiger partial charge on any atom is -0.497 e. The highest BCUT2D eigenvalue weighted by Gasteiger charge is 2.09. The van der Waals surface area contributed by atoms with Crippen molar-refractivity contribution in [2.45, 2.75) is 13.5 Å². The number of carbonyl (C=O) groups excluding carboxylic acids is 2. The number of ether oxygens (including phenoxy) is 1. The van der Waals surface area contributed by atoms with Crippen molar-refractivity contribution in [3.63, 3.8) is 0 Å². The fourth-order valence-corrected chi connectivity index (χ4v) is 2.57. The molecule has 1 heterocycles. The molecular formula is C21H21N5O3. The molecule has 0 fully saturated rings. The third-order valence-corrected chi connectivity index (χ3v) is 3.94. The van der Waals surface area contributed by atoms with Crippen molar-refractivity contribution in [3.8, 4) is 5.75 Å². The second-order valence-corrected chi connectivity index (χ2v) is 6.18. The van der Waals surface area contributed by atoms with Gasteiger partial charge in [-0.15, -0.1) is 0 Å². The lowest BCUT2D eigenvalue weighted by atomic mass is 10.2. The highest BCUT2D eigenvalue weighted by molar-refractivity contribution is 5.92. The molecule has 8 heteroatoms. The van der Waals surface area contributed by atoms with Crippen molar-refractivity contribution >= 4 is 29.1 Å². The zero-order chi connectivity index (χ0) is 20.6. The number of carbonyl (C=O) groups is 2. The summed E-state index contributed by atoms with van der Waals surface area (Å²) in [5, 5.41) is 8.57. The van der Waals surface area contributed by atoms with Crippen molar-refractivity contribution in [2.75, 3.05) is 17.7 Å². The van der Waals surface area contributed by atoms with Gasteiger partial charge in [0.1, 0.15) is 11.4 Å². The molecule has 0 saturated carbocycles. The van der Waals surface area contributed by atoms with Crippen molar-refractivity contribution < 1.29 is 14.3 Å². The van der Waals surface area contributed by atoms with E-state index in [2.05, 4.69) is 25.9 Å². The van der Waals surface area contributed by atoms with Crippen LogP contribution in [0.4, 0.5) is 17.3 Å². The van der Waals surface area contributed by atoms with Crippen LogP contribution in [-0.2, 0) is 11.3 Å². The molecule has 2 amide bonds. The largest absolute Gasteiger partial charge is 0.497 e. The maximum absolute atomic E-state index is 12.4. The highest BCUT2D eigenvalue weighted by atomic mass is 16.5. The van der Waals surface area contributed by atoms with Gasteiger partial charge in [0.05, 0.1) is 7.11 Å². The monoisotopic (exact) mass is 391 g/mol. The molecule has 0 aliphatic heterocycles. The van der Waals surface area contributed by atoms with E-state index in [9.17, 15) is 9.59 Å². The Bertz CT molecular complexity index is 1010. The Kier molecular flexibility index (Phi) is 6.36. The van der Waals surface area contributed by atoms with E-state index < -0.39 is 0 Å². The molecule has 3 N–H and O–H groups in total. The topological polar surface area (TPSA) is 105 Å². The third-order valence-electron chi connectivity index (χ3n) is 3.94. The van der Waals surface area contributed by atoms with Gasteiger partial charge in [-0.1, -0.05) is 18.2 Å². The molecular weight excluding hydrogens is 370 g/mol. The smallest absolute Gasteiger partial charge is 0.270 e. The Morgan fingerprint density at radius 1 is 1.03 bits per heavy atom. The van der Waals surface area contributed by atoms with Crippen LogP contribution in [0, 0.1) is 0 Å². The first-order valence-corrected chi connectivity index (χ1v) is 8.92. The number of hydrogen-bond acceptors (Lipinski definition) is 6. The van der Waals surface area contributed by atoms with Gasteiger partial charge in [-0.25, -0.2) is 9.97 Å². The molecule has 0 unspecified atom stereocenters. The van der Waals surface area contributed by atoms with Gasteiger partial charge in [0, 0.05) is 31.0 Å². The molecule has 29 heavy (non-hydrogen) atoms. The van der Waals surface area contributed by atoms with Crippen LogP contribution in [0.5, 0.6) is 5.75 Å². The standard InChI is InChI=1S/C21H21N5O3/c1-14(27)24-16-4-3-5-17(12-16)25-21-22-11-10-19(26-21)20(28)23-13-15-6-8-18(29-2)9-7-15/h3-12H,13H2,1-2H3,(H,23,28)(H,24,27)(H,22,25,26). The number of benzene rings is 2. The molecule has 0 saturated heterocycles. The number of hydrogen-bond donors (Lipinski definition) is 3. The zero-order valence-corrected chi connectivity index (χ0v) is 16.1. The predicted molar refractivity (Wildman–Crippen MR) is 110 cm³/mol. The summed E-state index contributed by atoms with van der Waals surface area (Å²) >= 11 is 0. The lowest BCUT2D eigenvalue weighted by molar-refractivity contribution is -0.114. The van der Waals surface area contributed by atoms with Gasteiger partial charge in [0.2, 0.25) is 11.9 Å². The SMILES string of the molecule is COc1ccc(CNC(=O)c2ccnc(Nc3cccc(NC(C)=O)c3)n2)cc1. The van der Waals surface area contributed by atoms with E-state index in [0.717, 1.165) is 11.3 Å². The highest BCUT2D eigenvalue weighted by Crippen LogP contribution is 2.18. The molecule has 0 atom stereocenters. The molecule has 0 aliphatic carbocycles. The molecule has 0 radical (unpaired) electrons. The van der Waals surface area contributed by atoms with Crippen LogP contribution in [0.3, 0.4) is 0 Å². The Balaban J connectivity index is 1.64. The minimum atomic E-state index is -0.307. The summed E-state index contributed by atoms with van der Waals surface area (Å²) in [6.45, 7) is 1.81. The number of nitrogens with one attached hydrogen (secondary N) is 3. The third kappa shape index (κ3) is 5.77. The summed E-state index contributed by atoms with van der Waals surface area (Å²) in [5.74, 6) is 0.573. The molecule has 1 aromatic heterocycles.